The van der Waals surface area contributed by atoms with Crippen LogP contribution in [0.4, 0.5) is 11.4 Å². The molecule has 1 nitrogen and oxygen atoms in total. The fourth-order valence-electron chi connectivity index (χ4n) is 2.38. The van der Waals surface area contributed by atoms with Gasteiger partial charge in [0, 0.05) is 22.9 Å². The van der Waals surface area contributed by atoms with Crippen molar-refractivity contribution >= 4 is 23.0 Å². The molecular weight excluding hydrogens is 230 g/mol. The van der Waals surface area contributed by atoms with Crippen molar-refractivity contribution in [3.8, 4) is 0 Å². The molecule has 0 N–H and O–H groups in total. The van der Waals surface area contributed by atoms with E-state index >= 15 is 0 Å². The van der Waals surface area contributed by atoms with E-state index in [4.69, 9.17) is 11.6 Å². The fraction of sp³-hybridized carbons (Fsp3) is 0.200. The largest absolute Gasteiger partial charge is 0.341 e. The lowest BCUT2D eigenvalue weighted by molar-refractivity contribution is 0.767. The molecule has 2 heteroatoms. The Morgan fingerprint density at radius 3 is 3.06 bits per heavy atom. The minimum absolute atomic E-state index is 0.789. The molecule has 0 fully saturated rings. The van der Waals surface area contributed by atoms with Gasteiger partial charge >= 0.3 is 0 Å². The topological polar surface area (TPSA) is 3.24 Å². The Morgan fingerprint density at radius 1 is 1.24 bits per heavy atom. The van der Waals surface area contributed by atoms with E-state index in [2.05, 4.69) is 29.2 Å². The first kappa shape index (κ1) is 10.7. The lowest BCUT2D eigenvalue weighted by Crippen LogP contribution is -2.24. The van der Waals surface area contributed by atoms with Crippen molar-refractivity contribution in [2.75, 3.05) is 11.4 Å². The second-order valence-electron chi connectivity index (χ2n) is 4.29. The molecule has 2 aromatic rings. The summed E-state index contributed by atoms with van der Waals surface area (Å²) in [7, 11) is 0. The average molecular weight is 243 g/mol. The summed E-state index contributed by atoms with van der Waals surface area (Å²) >= 11 is 6.06. The molecule has 0 bridgehead atoms. The maximum absolute atomic E-state index is 6.06. The van der Waals surface area contributed by atoms with E-state index in [0.29, 0.717) is 0 Å². The average Bonchev–Trinajstić information content (AvgIpc) is 2.38. The highest BCUT2D eigenvalue weighted by molar-refractivity contribution is 6.30. The maximum Gasteiger partial charge on any atom is 0.0443 e. The molecule has 1 heterocycles. The first-order valence-corrected chi connectivity index (χ1v) is 6.24. The van der Waals surface area contributed by atoms with Crippen LogP contribution in [0.3, 0.4) is 0 Å². The Labute approximate surface area is 107 Å². The Balaban J connectivity index is 2.06. The molecule has 0 saturated heterocycles. The lowest BCUT2D eigenvalue weighted by Gasteiger charge is -2.31. The second-order valence-corrected chi connectivity index (χ2v) is 4.73. The summed E-state index contributed by atoms with van der Waals surface area (Å²) in [5.41, 5.74) is 3.83. The molecule has 1 radical (unpaired) electrons. The van der Waals surface area contributed by atoms with E-state index in [1.807, 2.05) is 24.3 Å². The van der Waals surface area contributed by atoms with Crippen LogP contribution in [-0.4, -0.2) is 6.54 Å². The van der Waals surface area contributed by atoms with Crippen molar-refractivity contribution in [2.45, 2.75) is 12.8 Å². The summed E-state index contributed by atoms with van der Waals surface area (Å²) in [5, 5.41) is 0.789. The zero-order valence-corrected chi connectivity index (χ0v) is 10.2. The quantitative estimate of drug-likeness (QED) is 0.724. The van der Waals surface area contributed by atoms with Crippen LogP contribution in [0.1, 0.15) is 12.0 Å². The molecule has 0 saturated carbocycles. The summed E-state index contributed by atoms with van der Waals surface area (Å²) < 4.78 is 0. The van der Waals surface area contributed by atoms with Gasteiger partial charge in [0.2, 0.25) is 0 Å². The molecule has 85 valence electrons. The summed E-state index contributed by atoms with van der Waals surface area (Å²) in [5.74, 6) is 0. The van der Waals surface area contributed by atoms with Crippen LogP contribution < -0.4 is 4.90 Å². The fourth-order valence-corrected chi connectivity index (χ4v) is 2.57. The van der Waals surface area contributed by atoms with Gasteiger partial charge in [-0.1, -0.05) is 23.7 Å². The molecule has 3 rings (SSSR count). The third-order valence-corrected chi connectivity index (χ3v) is 3.40. The number of benzene rings is 2. The summed E-state index contributed by atoms with van der Waals surface area (Å²) in [6.07, 6.45) is 2.32. The van der Waals surface area contributed by atoms with Crippen LogP contribution in [0.25, 0.3) is 0 Å². The van der Waals surface area contributed by atoms with E-state index in [1.165, 1.54) is 23.4 Å². The predicted octanol–water partition coefficient (Wildman–Crippen LogP) is 4.22. The molecule has 0 spiro atoms. The van der Waals surface area contributed by atoms with Crippen molar-refractivity contribution < 1.29 is 0 Å². The van der Waals surface area contributed by atoms with Gasteiger partial charge in [-0.25, -0.2) is 0 Å². The summed E-state index contributed by atoms with van der Waals surface area (Å²) in [4.78, 5) is 2.33. The summed E-state index contributed by atoms with van der Waals surface area (Å²) in [6.45, 7) is 1.05. The van der Waals surface area contributed by atoms with E-state index < -0.39 is 0 Å². The first-order valence-electron chi connectivity index (χ1n) is 5.87. The van der Waals surface area contributed by atoms with Crippen molar-refractivity contribution in [3.63, 3.8) is 0 Å². The highest BCUT2D eigenvalue weighted by atomic mass is 35.5. The minimum atomic E-state index is 0.789. The van der Waals surface area contributed by atoms with E-state index in [-0.39, 0.29) is 0 Å². The van der Waals surface area contributed by atoms with E-state index in [1.54, 1.807) is 0 Å². The number of aryl methyl sites for hydroxylation is 1. The molecule has 1 aliphatic rings. The third kappa shape index (κ3) is 2.03. The van der Waals surface area contributed by atoms with Crippen LogP contribution in [0, 0.1) is 6.07 Å². The molecule has 2 aromatic carbocycles. The SMILES string of the molecule is Clc1cccc(N2CCCc3c[c]ccc32)c1. The molecule has 0 aliphatic carbocycles. The zero-order chi connectivity index (χ0) is 11.7. The van der Waals surface area contributed by atoms with Crippen molar-refractivity contribution in [1.29, 1.82) is 0 Å². The Morgan fingerprint density at radius 2 is 2.18 bits per heavy atom. The van der Waals surface area contributed by atoms with Crippen LogP contribution >= 0.6 is 11.6 Å². The van der Waals surface area contributed by atoms with Crippen molar-refractivity contribution in [1.82, 2.24) is 0 Å². The van der Waals surface area contributed by atoms with Crippen LogP contribution in [0.5, 0.6) is 0 Å². The standard InChI is InChI=1S/C15H13ClN/c16-13-7-3-8-14(11-13)17-10-4-6-12-5-1-2-9-15(12)17/h2-3,5,7-9,11H,4,6,10H2. The van der Waals surface area contributed by atoms with Gasteiger partial charge in [-0.15, -0.1) is 0 Å². The van der Waals surface area contributed by atoms with Crippen molar-refractivity contribution in [3.05, 3.63) is 59.1 Å². The van der Waals surface area contributed by atoms with Gasteiger partial charge in [-0.05, 0) is 54.8 Å². The molecule has 0 amide bonds. The van der Waals surface area contributed by atoms with Gasteiger partial charge in [0.15, 0.2) is 0 Å². The monoisotopic (exact) mass is 242 g/mol. The van der Waals surface area contributed by atoms with Gasteiger partial charge in [0.25, 0.3) is 0 Å². The normalized spacial score (nSPS) is 14.5. The number of nitrogens with zero attached hydrogens (tertiary/aromatic N) is 1. The predicted molar refractivity (Wildman–Crippen MR) is 72.1 cm³/mol. The number of halogens is 1. The Hall–Kier alpha value is -1.47. The number of anilines is 2. The molecule has 0 atom stereocenters. The van der Waals surface area contributed by atoms with Crippen molar-refractivity contribution in [2.24, 2.45) is 0 Å². The number of hydrogen-bond acceptors (Lipinski definition) is 1. The molecule has 1 aliphatic heterocycles. The van der Waals surface area contributed by atoms with Crippen LogP contribution in [0.2, 0.25) is 5.02 Å². The third-order valence-electron chi connectivity index (χ3n) is 3.16. The Bertz CT molecular complexity index is 536. The van der Waals surface area contributed by atoms with Gasteiger partial charge in [-0.3, -0.25) is 0 Å². The van der Waals surface area contributed by atoms with Crippen LogP contribution in [0.15, 0.2) is 42.5 Å². The van der Waals surface area contributed by atoms with Gasteiger partial charge in [0.05, 0.1) is 0 Å². The maximum atomic E-state index is 6.06. The highest BCUT2D eigenvalue weighted by Crippen LogP contribution is 2.33. The summed E-state index contributed by atoms with van der Waals surface area (Å²) in [6, 6.07) is 17.4. The number of fused-ring (bicyclic) bond motifs is 1. The van der Waals surface area contributed by atoms with Gasteiger partial charge < -0.3 is 4.90 Å². The lowest BCUT2D eigenvalue weighted by atomic mass is 10.0. The van der Waals surface area contributed by atoms with Gasteiger partial charge in [0.1, 0.15) is 0 Å². The molecular formula is C15H13ClN. The molecule has 0 unspecified atom stereocenters. The minimum Gasteiger partial charge on any atom is -0.341 e. The number of rotatable bonds is 1. The van der Waals surface area contributed by atoms with Crippen LogP contribution in [-0.2, 0) is 6.42 Å². The zero-order valence-electron chi connectivity index (χ0n) is 9.49. The highest BCUT2D eigenvalue weighted by Gasteiger charge is 2.17. The first-order chi connectivity index (χ1) is 8.34. The second kappa shape index (κ2) is 4.42. The van der Waals surface area contributed by atoms with Gasteiger partial charge in [-0.2, -0.15) is 0 Å². The molecule has 17 heavy (non-hydrogen) atoms. The smallest absolute Gasteiger partial charge is 0.0443 e. The van der Waals surface area contributed by atoms with E-state index in [9.17, 15) is 0 Å². The molecule has 0 aromatic heterocycles. The van der Waals surface area contributed by atoms with E-state index in [0.717, 1.165) is 18.0 Å². The number of hydrogen-bond donors (Lipinski definition) is 0. The Kier molecular flexibility index (Phi) is 2.77.